The van der Waals surface area contributed by atoms with Crippen LogP contribution in [0.15, 0.2) is 22.9 Å². The summed E-state index contributed by atoms with van der Waals surface area (Å²) in [6.45, 7) is 1.69. The Kier molecular flexibility index (Phi) is 1.77. The number of aromatic nitrogens is 3. The van der Waals surface area contributed by atoms with Crippen molar-refractivity contribution in [1.82, 2.24) is 15.1 Å². The normalized spacial score (nSPS) is 10.3. The maximum Gasteiger partial charge on any atom is 0.223 e. The number of halogens is 1. The highest BCUT2D eigenvalue weighted by atomic mass is 19.1. The molecule has 13 heavy (non-hydrogen) atoms. The van der Waals surface area contributed by atoms with Gasteiger partial charge < -0.3 is 4.52 Å². The van der Waals surface area contributed by atoms with Crippen molar-refractivity contribution < 1.29 is 8.91 Å². The third kappa shape index (κ3) is 1.53. The van der Waals surface area contributed by atoms with E-state index in [9.17, 15) is 4.39 Å². The average Bonchev–Trinajstić information content (AvgIpc) is 2.53. The Bertz CT molecular complexity index is 410. The number of hydrogen-bond acceptors (Lipinski definition) is 4. The van der Waals surface area contributed by atoms with Gasteiger partial charge in [-0.25, -0.2) is 4.98 Å². The van der Waals surface area contributed by atoms with Crippen molar-refractivity contribution >= 4 is 0 Å². The van der Waals surface area contributed by atoms with E-state index < -0.39 is 5.95 Å². The average molecular weight is 179 g/mol. The van der Waals surface area contributed by atoms with E-state index in [1.54, 1.807) is 13.0 Å². The number of rotatable bonds is 1. The Balaban J connectivity index is 2.41. The molecule has 2 heterocycles. The molecule has 0 bridgehead atoms. The van der Waals surface area contributed by atoms with Crippen LogP contribution in [-0.4, -0.2) is 15.1 Å². The summed E-state index contributed by atoms with van der Waals surface area (Å²) in [7, 11) is 0. The van der Waals surface area contributed by atoms with E-state index in [-0.39, 0.29) is 0 Å². The minimum Gasteiger partial charge on any atom is -0.339 e. The molecule has 0 unspecified atom stereocenters. The Morgan fingerprint density at radius 2 is 2.23 bits per heavy atom. The van der Waals surface area contributed by atoms with Gasteiger partial charge in [-0.3, -0.25) is 0 Å². The Hall–Kier alpha value is -1.78. The summed E-state index contributed by atoms with van der Waals surface area (Å²) in [5.41, 5.74) is 0.637. The minimum atomic E-state index is -0.524. The molecule has 0 saturated heterocycles. The van der Waals surface area contributed by atoms with Crippen molar-refractivity contribution in [2.45, 2.75) is 6.92 Å². The molecular formula is C8H6FN3O. The van der Waals surface area contributed by atoms with Crippen molar-refractivity contribution in [2.75, 3.05) is 0 Å². The zero-order chi connectivity index (χ0) is 9.26. The molecule has 2 aromatic heterocycles. The van der Waals surface area contributed by atoms with Crippen LogP contribution in [-0.2, 0) is 0 Å². The fourth-order valence-corrected chi connectivity index (χ4v) is 0.925. The van der Waals surface area contributed by atoms with Gasteiger partial charge in [0.05, 0.1) is 0 Å². The number of pyridine rings is 1. The molecule has 66 valence electrons. The summed E-state index contributed by atoms with van der Waals surface area (Å²) in [4.78, 5) is 7.45. The van der Waals surface area contributed by atoms with Crippen LogP contribution in [0.1, 0.15) is 5.89 Å². The molecule has 2 rings (SSSR count). The lowest BCUT2D eigenvalue weighted by molar-refractivity contribution is 0.394. The van der Waals surface area contributed by atoms with Gasteiger partial charge in [0.2, 0.25) is 17.7 Å². The first-order valence-electron chi connectivity index (χ1n) is 3.68. The van der Waals surface area contributed by atoms with Crippen LogP contribution in [0.3, 0.4) is 0 Å². The Labute approximate surface area is 73.4 Å². The summed E-state index contributed by atoms with van der Waals surface area (Å²) < 4.78 is 17.2. The second kappa shape index (κ2) is 2.93. The second-order valence-corrected chi connectivity index (χ2v) is 2.51. The first-order valence-corrected chi connectivity index (χ1v) is 3.68. The summed E-state index contributed by atoms with van der Waals surface area (Å²) in [5.74, 6) is 0.369. The van der Waals surface area contributed by atoms with Crippen molar-refractivity contribution in [1.29, 1.82) is 0 Å². The van der Waals surface area contributed by atoms with E-state index in [2.05, 4.69) is 15.1 Å². The lowest BCUT2D eigenvalue weighted by atomic mass is 10.3. The zero-order valence-corrected chi connectivity index (χ0v) is 6.86. The predicted molar refractivity (Wildman–Crippen MR) is 42.2 cm³/mol. The summed E-state index contributed by atoms with van der Waals surface area (Å²) >= 11 is 0. The molecule has 4 nitrogen and oxygen atoms in total. The molecule has 0 amide bonds. The molecule has 0 aromatic carbocycles. The summed E-state index contributed by atoms with van der Waals surface area (Å²) in [5, 5.41) is 3.67. The van der Waals surface area contributed by atoms with Crippen LogP contribution in [0.25, 0.3) is 11.4 Å². The van der Waals surface area contributed by atoms with Gasteiger partial charge in [-0.2, -0.15) is 9.37 Å². The van der Waals surface area contributed by atoms with E-state index in [0.29, 0.717) is 17.3 Å². The molecule has 0 aliphatic rings. The van der Waals surface area contributed by atoms with Gasteiger partial charge in [0.1, 0.15) is 0 Å². The van der Waals surface area contributed by atoms with Crippen molar-refractivity contribution in [3.63, 3.8) is 0 Å². The van der Waals surface area contributed by atoms with E-state index in [1.165, 1.54) is 12.3 Å². The van der Waals surface area contributed by atoms with E-state index in [0.717, 1.165) is 0 Å². The minimum absolute atomic E-state index is 0.421. The molecule has 0 N–H and O–H groups in total. The number of aryl methyl sites for hydroxylation is 1. The van der Waals surface area contributed by atoms with Crippen LogP contribution in [0.4, 0.5) is 4.39 Å². The van der Waals surface area contributed by atoms with Crippen molar-refractivity contribution in [3.05, 3.63) is 30.2 Å². The van der Waals surface area contributed by atoms with Crippen LogP contribution < -0.4 is 0 Å². The lowest BCUT2D eigenvalue weighted by Crippen LogP contribution is -1.85. The summed E-state index contributed by atoms with van der Waals surface area (Å²) in [6.07, 6.45) is 1.36. The van der Waals surface area contributed by atoms with Gasteiger partial charge in [0.25, 0.3) is 0 Å². The maximum atomic E-state index is 12.4. The molecular weight excluding hydrogens is 173 g/mol. The number of nitrogens with zero attached hydrogens (tertiary/aromatic N) is 3. The van der Waals surface area contributed by atoms with Gasteiger partial charge in [-0.05, 0) is 12.1 Å². The van der Waals surface area contributed by atoms with Gasteiger partial charge in [-0.15, -0.1) is 0 Å². The van der Waals surface area contributed by atoms with Crippen LogP contribution in [0.5, 0.6) is 0 Å². The second-order valence-electron chi connectivity index (χ2n) is 2.51. The number of hydrogen-bond donors (Lipinski definition) is 0. The largest absolute Gasteiger partial charge is 0.339 e. The lowest BCUT2D eigenvalue weighted by Gasteiger charge is -1.91. The molecule has 0 radical (unpaired) electrons. The molecule has 0 saturated carbocycles. The first kappa shape index (κ1) is 7.85. The molecule has 0 aliphatic heterocycles. The highest BCUT2D eigenvalue weighted by molar-refractivity contribution is 5.51. The van der Waals surface area contributed by atoms with Gasteiger partial charge in [-0.1, -0.05) is 5.16 Å². The molecule has 0 atom stereocenters. The third-order valence-corrected chi connectivity index (χ3v) is 1.51. The van der Waals surface area contributed by atoms with E-state index in [4.69, 9.17) is 4.52 Å². The van der Waals surface area contributed by atoms with Crippen molar-refractivity contribution in [2.24, 2.45) is 0 Å². The topological polar surface area (TPSA) is 51.8 Å². The smallest absolute Gasteiger partial charge is 0.223 e. The summed E-state index contributed by atoms with van der Waals surface area (Å²) in [6, 6.07) is 2.80. The molecule has 0 spiro atoms. The van der Waals surface area contributed by atoms with Gasteiger partial charge >= 0.3 is 0 Å². The van der Waals surface area contributed by atoms with E-state index in [1.807, 2.05) is 0 Å². The molecule has 2 aromatic rings. The fraction of sp³-hybridized carbons (Fsp3) is 0.125. The molecule has 0 fully saturated rings. The molecule has 0 aliphatic carbocycles. The third-order valence-electron chi connectivity index (χ3n) is 1.51. The fourth-order valence-electron chi connectivity index (χ4n) is 0.925. The van der Waals surface area contributed by atoms with Gasteiger partial charge in [0.15, 0.2) is 0 Å². The van der Waals surface area contributed by atoms with Gasteiger partial charge in [0, 0.05) is 18.7 Å². The zero-order valence-electron chi connectivity index (χ0n) is 6.86. The highest BCUT2D eigenvalue weighted by Gasteiger charge is 2.05. The highest BCUT2D eigenvalue weighted by Crippen LogP contribution is 2.13. The predicted octanol–water partition coefficient (Wildman–Crippen LogP) is 1.58. The van der Waals surface area contributed by atoms with Crippen molar-refractivity contribution in [3.8, 4) is 11.4 Å². The Morgan fingerprint density at radius 1 is 1.38 bits per heavy atom. The standard InChI is InChI=1S/C8H6FN3O/c1-5-11-8(12-13-5)6-2-3-7(9)10-4-6/h2-4H,1H3. The van der Waals surface area contributed by atoms with Crippen LogP contribution in [0.2, 0.25) is 0 Å². The van der Waals surface area contributed by atoms with E-state index >= 15 is 0 Å². The van der Waals surface area contributed by atoms with Crippen LogP contribution in [0, 0.1) is 12.9 Å². The molecule has 5 heteroatoms. The monoisotopic (exact) mass is 179 g/mol. The van der Waals surface area contributed by atoms with Crippen LogP contribution >= 0.6 is 0 Å². The maximum absolute atomic E-state index is 12.4. The first-order chi connectivity index (χ1) is 6.25. The Morgan fingerprint density at radius 3 is 2.77 bits per heavy atom. The SMILES string of the molecule is Cc1nc(-c2ccc(F)nc2)no1. The quantitative estimate of drug-likeness (QED) is 0.623.